The topological polar surface area (TPSA) is 29.5 Å². The van der Waals surface area contributed by atoms with Crippen LogP contribution < -0.4 is 4.74 Å². The Bertz CT molecular complexity index is 759. The van der Waals surface area contributed by atoms with Gasteiger partial charge in [-0.15, -0.1) is 0 Å². The van der Waals surface area contributed by atoms with E-state index in [0.29, 0.717) is 5.92 Å². The van der Waals surface area contributed by atoms with E-state index >= 15 is 0 Å². The zero-order valence-corrected chi connectivity index (χ0v) is 14.4. The van der Waals surface area contributed by atoms with Crippen LogP contribution in [0.25, 0.3) is 0 Å². The van der Waals surface area contributed by atoms with Gasteiger partial charge in [-0.2, -0.15) is 0 Å². The fraction of sp³-hybridized carbons (Fsp3) is 0.316. The average Bonchev–Trinajstić information content (AvgIpc) is 3.23. The lowest BCUT2D eigenvalue weighted by atomic mass is 9.96. The number of hydrogen-bond acceptors (Lipinski definition) is 2. The van der Waals surface area contributed by atoms with Crippen LogP contribution in [0.1, 0.15) is 33.8 Å². The molecule has 0 spiro atoms. The van der Waals surface area contributed by atoms with E-state index in [1.807, 2.05) is 29.2 Å². The molecule has 1 saturated heterocycles. The molecule has 1 amide bonds. The maximum Gasteiger partial charge on any atom is 0.255 e. The van der Waals surface area contributed by atoms with Crippen LogP contribution >= 0.6 is 15.9 Å². The van der Waals surface area contributed by atoms with Gasteiger partial charge in [0.05, 0.1) is 12.2 Å². The number of ether oxygens (including phenoxy) is 1. The fourth-order valence-corrected chi connectivity index (χ4v) is 3.94. The van der Waals surface area contributed by atoms with Gasteiger partial charge in [0.25, 0.3) is 5.91 Å². The van der Waals surface area contributed by atoms with Crippen LogP contribution in [0.3, 0.4) is 0 Å². The molecule has 2 aromatic rings. The van der Waals surface area contributed by atoms with E-state index in [-0.39, 0.29) is 5.91 Å². The minimum absolute atomic E-state index is 0.115. The van der Waals surface area contributed by atoms with Crippen molar-refractivity contribution in [2.75, 3.05) is 19.7 Å². The molecule has 0 radical (unpaired) electrons. The molecule has 1 fully saturated rings. The van der Waals surface area contributed by atoms with Crippen LogP contribution in [-0.4, -0.2) is 30.5 Å². The summed E-state index contributed by atoms with van der Waals surface area (Å²) in [5.74, 6) is 1.56. The van der Waals surface area contributed by atoms with Crippen LogP contribution in [0.2, 0.25) is 0 Å². The van der Waals surface area contributed by atoms with Crippen molar-refractivity contribution in [2.45, 2.75) is 18.8 Å². The molecule has 0 aromatic heterocycles. The van der Waals surface area contributed by atoms with Crippen molar-refractivity contribution in [1.29, 1.82) is 0 Å². The highest BCUT2D eigenvalue weighted by Gasteiger charge is 2.29. The van der Waals surface area contributed by atoms with Crippen LogP contribution in [0.15, 0.2) is 46.9 Å². The Morgan fingerprint density at radius 3 is 2.96 bits per heavy atom. The second-order valence-electron chi connectivity index (χ2n) is 6.18. The first-order valence-corrected chi connectivity index (χ1v) is 8.81. The summed E-state index contributed by atoms with van der Waals surface area (Å²) in [5, 5.41) is 0. The second-order valence-corrected chi connectivity index (χ2v) is 7.04. The molecule has 2 aliphatic rings. The Kier molecular flexibility index (Phi) is 3.85. The summed E-state index contributed by atoms with van der Waals surface area (Å²) in [5.41, 5.74) is 3.38. The smallest absolute Gasteiger partial charge is 0.255 e. The second kappa shape index (κ2) is 6.00. The molecule has 4 heteroatoms. The fourth-order valence-electron chi connectivity index (χ4n) is 3.48. The molecule has 0 bridgehead atoms. The van der Waals surface area contributed by atoms with Crippen LogP contribution in [0.4, 0.5) is 0 Å². The summed E-state index contributed by atoms with van der Waals surface area (Å²) in [6.45, 7) is 2.40. The molecular weight excluding hydrogens is 354 g/mol. The van der Waals surface area contributed by atoms with Crippen LogP contribution in [0, 0.1) is 0 Å². The normalized spacial score (nSPS) is 19.5. The highest BCUT2D eigenvalue weighted by Crippen LogP contribution is 2.33. The molecule has 1 atom stereocenters. The summed E-state index contributed by atoms with van der Waals surface area (Å²) < 4.78 is 6.44. The van der Waals surface area contributed by atoms with E-state index in [2.05, 4.69) is 34.1 Å². The minimum atomic E-state index is 0.115. The van der Waals surface area contributed by atoms with Gasteiger partial charge in [0.1, 0.15) is 5.75 Å². The molecule has 0 N–H and O–H groups in total. The molecule has 2 aliphatic heterocycles. The van der Waals surface area contributed by atoms with Crippen molar-refractivity contribution in [3.05, 3.63) is 63.6 Å². The summed E-state index contributed by atoms with van der Waals surface area (Å²) >= 11 is 3.48. The number of nitrogens with zero attached hydrogens (tertiary/aromatic N) is 1. The molecule has 0 saturated carbocycles. The Morgan fingerprint density at radius 1 is 1.22 bits per heavy atom. The number of carbonyl (C=O) groups is 1. The van der Waals surface area contributed by atoms with Crippen molar-refractivity contribution in [1.82, 2.24) is 4.90 Å². The third-order valence-electron chi connectivity index (χ3n) is 4.76. The highest BCUT2D eigenvalue weighted by atomic mass is 79.9. The summed E-state index contributed by atoms with van der Waals surface area (Å²) in [7, 11) is 0. The predicted molar refractivity (Wildman–Crippen MR) is 93.0 cm³/mol. The third kappa shape index (κ3) is 2.76. The van der Waals surface area contributed by atoms with Crippen molar-refractivity contribution in [2.24, 2.45) is 0 Å². The molecule has 2 heterocycles. The van der Waals surface area contributed by atoms with E-state index in [1.54, 1.807) is 0 Å². The zero-order valence-electron chi connectivity index (χ0n) is 12.8. The SMILES string of the molecule is O=C(c1ccccc1Br)N1CC[C@@H](c2ccc3c(c2)CCO3)C1. The average molecular weight is 372 g/mol. The van der Waals surface area contributed by atoms with Crippen molar-refractivity contribution in [3.8, 4) is 5.75 Å². The van der Waals surface area contributed by atoms with Gasteiger partial charge in [-0.25, -0.2) is 0 Å². The first-order chi connectivity index (χ1) is 11.2. The lowest BCUT2D eigenvalue weighted by Gasteiger charge is -2.18. The largest absolute Gasteiger partial charge is 0.493 e. The number of rotatable bonds is 2. The molecule has 3 nitrogen and oxygen atoms in total. The van der Waals surface area contributed by atoms with Gasteiger partial charge < -0.3 is 9.64 Å². The lowest BCUT2D eigenvalue weighted by Crippen LogP contribution is -2.28. The molecule has 23 heavy (non-hydrogen) atoms. The summed E-state index contributed by atoms with van der Waals surface area (Å²) in [6.07, 6.45) is 2.02. The van der Waals surface area contributed by atoms with Crippen molar-refractivity contribution < 1.29 is 9.53 Å². The number of halogens is 1. The third-order valence-corrected chi connectivity index (χ3v) is 5.46. The summed E-state index contributed by atoms with van der Waals surface area (Å²) in [6, 6.07) is 14.1. The van der Waals surface area contributed by atoms with E-state index < -0.39 is 0 Å². The number of amides is 1. The minimum Gasteiger partial charge on any atom is -0.493 e. The van der Waals surface area contributed by atoms with Gasteiger partial charge in [0, 0.05) is 29.9 Å². The van der Waals surface area contributed by atoms with Crippen molar-refractivity contribution in [3.63, 3.8) is 0 Å². The highest BCUT2D eigenvalue weighted by molar-refractivity contribution is 9.10. The van der Waals surface area contributed by atoms with E-state index in [1.165, 1.54) is 11.1 Å². The molecule has 2 aromatic carbocycles. The van der Waals surface area contributed by atoms with E-state index in [0.717, 1.165) is 48.3 Å². The summed E-state index contributed by atoms with van der Waals surface area (Å²) in [4.78, 5) is 14.7. The molecule has 0 aliphatic carbocycles. The number of likely N-dealkylation sites (tertiary alicyclic amines) is 1. The van der Waals surface area contributed by atoms with Gasteiger partial charge in [-0.05, 0) is 51.7 Å². The Hall–Kier alpha value is -1.81. The first-order valence-electron chi connectivity index (χ1n) is 8.02. The monoisotopic (exact) mass is 371 g/mol. The van der Waals surface area contributed by atoms with Gasteiger partial charge in [0.15, 0.2) is 0 Å². The Morgan fingerprint density at radius 2 is 2.09 bits per heavy atom. The van der Waals surface area contributed by atoms with Gasteiger partial charge >= 0.3 is 0 Å². The molecule has 0 unspecified atom stereocenters. The quantitative estimate of drug-likeness (QED) is 0.797. The lowest BCUT2D eigenvalue weighted by molar-refractivity contribution is 0.0790. The van der Waals surface area contributed by atoms with Gasteiger partial charge in [-0.1, -0.05) is 24.3 Å². The maximum absolute atomic E-state index is 12.7. The number of hydrogen-bond donors (Lipinski definition) is 0. The van der Waals surface area contributed by atoms with Gasteiger partial charge in [0.2, 0.25) is 0 Å². The molecule has 4 rings (SSSR count). The molecular formula is C19H18BrNO2. The zero-order chi connectivity index (χ0) is 15.8. The van der Waals surface area contributed by atoms with Crippen LogP contribution in [-0.2, 0) is 6.42 Å². The number of fused-ring (bicyclic) bond motifs is 1. The maximum atomic E-state index is 12.7. The standard InChI is InChI=1S/C19H18BrNO2/c20-17-4-2-1-3-16(17)19(22)21-9-7-15(12-21)13-5-6-18-14(11-13)8-10-23-18/h1-6,11,15H,7-10,12H2/t15-/m1/s1. The van der Waals surface area contributed by atoms with E-state index in [4.69, 9.17) is 4.74 Å². The number of carbonyl (C=O) groups excluding carboxylic acids is 1. The van der Waals surface area contributed by atoms with Crippen LogP contribution in [0.5, 0.6) is 5.75 Å². The Balaban J connectivity index is 1.51. The number of benzene rings is 2. The van der Waals surface area contributed by atoms with Crippen molar-refractivity contribution >= 4 is 21.8 Å². The molecule has 118 valence electrons. The Labute approximate surface area is 144 Å². The van der Waals surface area contributed by atoms with Gasteiger partial charge in [-0.3, -0.25) is 4.79 Å². The van der Waals surface area contributed by atoms with E-state index in [9.17, 15) is 4.79 Å². The first kappa shape index (κ1) is 14.8. The predicted octanol–water partition coefficient (Wildman–Crippen LogP) is 4.01.